The summed E-state index contributed by atoms with van der Waals surface area (Å²) in [5.41, 5.74) is 7.86. The molecule has 0 saturated heterocycles. The highest BCUT2D eigenvalue weighted by Crippen LogP contribution is 3.38. The Morgan fingerprint density at radius 3 is 1.51 bits per heavy atom. The van der Waals surface area contributed by atoms with E-state index in [0.717, 1.165) is 0 Å². The summed E-state index contributed by atoms with van der Waals surface area (Å²) in [6, 6.07) is 10.5. The summed E-state index contributed by atoms with van der Waals surface area (Å²) in [4.78, 5) is 8.86. The molecule has 0 amide bonds. The lowest BCUT2D eigenvalue weighted by Gasteiger charge is -2.52. The van der Waals surface area contributed by atoms with Crippen LogP contribution in [0.2, 0.25) is 0 Å². The summed E-state index contributed by atoms with van der Waals surface area (Å²) in [7, 11) is 49.2. The predicted molar refractivity (Wildman–Crippen MR) is 392 cm³/mol. The number of sulfone groups is 1. The molecule has 18 unspecified atom stereocenters. The third-order valence-electron chi connectivity index (χ3n) is 8.61. The Kier molecular flexibility index (Phi) is 37.2. The maximum atomic E-state index is 14.8. The van der Waals surface area contributed by atoms with E-state index in [0.29, 0.717) is 29.8 Å². The fraction of sp³-hybridized carbons (Fsp3) is 0.308. The molecule has 2 aromatic heterocycles. The normalized spacial score (nSPS) is 13.8. The molecule has 42 heteroatoms. The number of nitrogens with two attached hydrogens (primary N) is 1. The van der Waals surface area contributed by atoms with Crippen LogP contribution in [-0.2, 0) is 16.4 Å². The van der Waals surface area contributed by atoms with Crippen molar-refractivity contribution in [3.05, 3.63) is 60.0 Å². The zero-order valence-corrected chi connectivity index (χ0v) is 68.5. The molecule has 4 aromatic rings. The van der Waals surface area contributed by atoms with Crippen LogP contribution in [0.1, 0.15) is 32.8 Å². The second-order valence-corrected chi connectivity index (χ2v) is 137. The van der Waals surface area contributed by atoms with Crippen LogP contribution < -0.4 is 11.1 Å². The minimum Gasteiger partial charge on any atom is -0.414 e. The molecule has 68 heavy (non-hydrogen) atoms. The van der Waals surface area contributed by atoms with Crippen LogP contribution in [0.25, 0.3) is 34.3 Å². The van der Waals surface area contributed by atoms with E-state index in [-0.39, 0.29) is 138 Å². The number of rotatable bonds is 23. The van der Waals surface area contributed by atoms with E-state index in [1.807, 2.05) is 6.92 Å². The van der Waals surface area contributed by atoms with Gasteiger partial charge in [0, 0.05) is 18.2 Å². The van der Waals surface area contributed by atoms with Gasteiger partial charge in [-0.3, -0.25) is 0 Å². The van der Waals surface area contributed by atoms with Gasteiger partial charge in [-0.05, 0) is 148 Å². The fourth-order valence-corrected chi connectivity index (χ4v) is 405. The molecule has 382 valence electrons. The Morgan fingerprint density at radius 1 is 0.676 bits per heavy atom. The van der Waals surface area contributed by atoms with E-state index in [4.69, 9.17) is 10.2 Å². The smallest absolute Gasteiger partial charge is 0.270 e. The second-order valence-electron chi connectivity index (χ2n) is 13.6. The van der Waals surface area contributed by atoms with Gasteiger partial charge in [0.05, 0.1) is 27.6 Å². The maximum absolute atomic E-state index is 14.8. The average Bonchev–Trinajstić information content (AvgIpc) is 3.74. The van der Waals surface area contributed by atoms with Crippen molar-refractivity contribution in [2.45, 2.75) is 49.9 Å². The second kappa shape index (κ2) is 35.4. The molecule has 0 radical (unpaired) electrons. The molecule has 18 atom stereocenters. The zero-order valence-electron chi connectivity index (χ0n) is 36.6. The van der Waals surface area contributed by atoms with Gasteiger partial charge < -0.3 is 15.5 Å². The first-order valence-corrected chi connectivity index (χ1v) is 74.2. The first kappa shape index (κ1) is 71.4. The minimum absolute atomic E-state index is 0.0313. The van der Waals surface area contributed by atoms with Crippen LogP contribution in [0.15, 0.2) is 58.0 Å². The highest BCUT2D eigenvalue weighted by molar-refractivity contribution is 9.44. The number of benzene rings is 2. The molecule has 0 aliphatic rings. The Hall–Kier alpha value is 9.13. The first-order chi connectivity index (χ1) is 31.7. The van der Waals surface area contributed by atoms with E-state index in [1.165, 1.54) is 30.5 Å². The third-order valence-corrected chi connectivity index (χ3v) is 207. The Bertz CT molecular complexity index is 2180. The van der Waals surface area contributed by atoms with E-state index in [9.17, 15) is 17.2 Å². The van der Waals surface area contributed by atoms with Crippen LogP contribution in [0, 0.1) is 5.82 Å². The average molecular weight is 1500 g/mol. The van der Waals surface area contributed by atoms with Crippen molar-refractivity contribution in [2.24, 2.45) is 0 Å². The van der Waals surface area contributed by atoms with Crippen LogP contribution in [0.3, 0.4) is 0 Å². The molecule has 2 heterocycles. The van der Waals surface area contributed by atoms with E-state index in [2.05, 4.69) is 168 Å². The van der Waals surface area contributed by atoms with Crippen LogP contribution >= 0.6 is 241 Å². The van der Waals surface area contributed by atoms with E-state index >= 15 is 0 Å². The lowest BCUT2D eigenvalue weighted by molar-refractivity contribution is 0.391. The number of aromatic nitrogens is 4. The molecule has 0 spiro atoms. The van der Waals surface area contributed by atoms with Crippen molar-refractivity contribution in [1.82, 2.24) is 25.5 Å². The Morgan fingerprint density at radius 2 is 1.12 bits per heavy atom. The van der Waals surface area contributed by atoms with Gasteiger partial charge in [-0.1, -0.05) is 25.1 Å². The van der Waals surface area contributed by atoms with Gasteiger partial charge in [0.15, 0.2) is 21.3 Å². The van der Waals surface area contributed by atoms with E-state index in [1.54, 1.807) is 32.0 Å². The molecule has 0 aliphatic heterocycles. The molecular formula is C26H60F2N6O3P30S. The Labute approximate surface area is 455 Å². The number of halogens is 2. The molecule has 3 N–H and O–H groups in total. The van der Waals surface area contributed by atoms with Gasteiger partial charge in [0.25, 0.3) is 11.8 Å². The number of hydrogen-bond acceptors (Lipinski definition) is 9. The maximum Gasteiger partial charge on any atom is 0.270 e. The Balaban J connectivity index is 0.000000373. The largest absolute Gasteiger partial charge is 0.414 e. The topological polar surface area (TPSA) is 137 Å². The van der Waals surface area contributed by atoms with Crippen LogP contribution in [0.4, 0.5) is 14.6 Å². The number of nitrogens with zero attached hydrogens (tertiary/aromatic N) is 4. The summed E-state index contributed by atoms with van der Waals surface area (Å²) >= 11 is 0. The summed E-state index contributed by atoms with van der Waals surface area (Å²) in [6.07, 6.45) is 1.96. The van der Waals surface area contributed by atoms with E-state index < -0.39 is 27.6 Å². The number of nitrogens with one attached hydrogen (secondary N) is 1. The molecule has 0 bridgehead atoms. The summed E-state index contributed by atoms with van der Waals surface area (Å²) in [5.74, 6) is -0.665. The van der Waals surface area contributed by atoms with Gasteiger partial charge in [-0.15, -0.1) is 153 Å². The zero-order chi connectivity index (χ0) is 51.5. The standard InChI is InChI=1S/C26H28F2N6O3S.H32P30/c1-4-16(3)38(35,36)19-8-6-18(7-9-19)22-14-31-24(29)23(32-22)26-34-33-25(37-26)20-10-5-17(11-21(20)28)13-30-15(2)12-27;1-17(2)25(18(3)4)29(26(19(5)6)20(7)8)30(27(21(9)10)22(11)12)28(23(13)14)24(15)16/h5-11,14-16,30H,4,12-13H2,1-3H3,(H2,29,31);1-16H2. The van der Waals surface area contributed by atoms with Crippen molar-refractivity contribution in [2.75, 3.05) is 12.4 Å². The lowest BCUT2D eigenvalue weighted by Crippen LogP contribution is -2.27. The monoisotopic (exact) mass is 1500 g/mol. The highest BCUT2D eigenvalue weighted by atomic mass is 33.5. The van der Waals surface area contributed by atoms with Gasteiger partial charge >= 0.3 is 0 Å². The summed E-state index contributed by atoms with van der Waals surface area (Å²) in [6.45, 7) is 4.72. The third kappa shape index (κ3) is 21.3. The number of alkyl halides is 1. The van der Waals surface area contributed by atoms with Crippen molar-refractivity contribution in [3.8, 4) is 34.3 Å². The fourth-order valence-electron chi connectivity index (χ4n) is 5.22. The van der Waals surface area contributed by atoms with Crippen molar-refractivity contribution in [3.63, 3.8) is 0 Å². The van der Waals surface area contributed by atoms with Crippen molar-refractivity contribution < 1.29 is 21.6 Å². The molecule has 2 aromatic carbocycles. The number of hydrogen-bond donors (Lipinski definition) is 2. The molecular weight excluding hydrogens is 1440 g/mol. The van der Waals surface area contributed by atoms with Gasteiger partial charge in [-0.25, -0.2) is 27.2 Å². The summed E-state index contributed by atoms with van der Waals surface area (Å²) in [5, 5.41) is 10.4. The van der Waals surface area contributed by atoms with Crippen LogP contribution in [0.5, 0.6) is 0 Å². The quantitative estimate of drug-likeness (QED) is 0.0696. The molecule has 4 rings (SSSR count). The first-order valence-electron chi connectivity index (χ1n) is 18.8. The number of nitrogen functional groups attached to an aromatic ring is 1. The molecule has 0 aliphatic carbocycles. The van der Waals surface area contributed by atoms with Gasteiger partial charge in [-0.2, -0.15) is 0 Å². The van der Waals surface area contributed by atoms with Crippen molar-refractivity contribution in [1.29, 1.82) is 0 Å². The summed E-state index contributed by atoms with van der Waals surface area (Å²) < 4.78 is 58.3. The van der Waals surface area contributed by atoms with Crippen molar-refractivity contribution >= 4 is 256 Å². The predicted octanol–water partition coefficient (Wildman–Crippen LogP) is 21.9. The molecule has 0 saturated carbocycles. The number of anilines is 1. The molecule has 0 fully saturated rings. The van der Waals surface area contributed by atoms with Gasteiger partial charge in [0.1, 0.15) is 12.5 Å². The molecule has 9 nitrogen and oxygen atoms in total. The van der Waals surface area contributed by atoms with Gasteiger partial charge in [0.2, 0.25) is 0 Å². The minimum atomic E-state index is -3.42. The highest BCUT2D eigenvalue weighted by Gasteiger charge is 2.50. The lowest BCUT2D eigenvalue weighted by atomic mass is 10.1. The SMILES string of the molecule is CCC(C)S(=O)(=O)c1ccc(-c2cnc(N)c(-c3nnc(-c4ccc(CNC(C)CF)cc4F)o3)n2)cc1.PP(P)P(P(P)P)P(P(P(P)P)P(P)P)P(P(P(P)P)P(P)P)P(P(P)P)P(P)P. The van der Waals surface area contributed by atoms with Crippen LogP contribution in [-0.4, -0.2) is 46.5 Å².